The molecule has 0 spiro atoms. The highest BCUT2D eigenvalue weighted by Gasteiger charge is 2.13. The second-order valence-electron chi connectivity index (χ2n) is 6.06. The van der Waals surface area contributed by atoms with Crippen LogP contribution >= 0.6 is 0 Å². The average Bonchev–Trinajstić information content (AvgIpc) is 3.24. The van der Waals surface area contributed by atoms with Crippen molar-refractivity contribution in [3.63, 3.8) is 0 Å². The molecule has 2 aromatic rings. The first-order valence-corrected chi connectivity index (χ1v) is 10.6. The Bertz CT molecular complexity index is 861. The third kappa shape index (κ3) is 8.61. The normalized spacial score (nSPS) is 11.8. The molecule has 1 heterocycles. The highest BCUT2D eigenvalue weighted by molar-refractivity contribution is 7.89. The van der Waals surface area contributed by atoms with Gasteiger partial charge in [-0.3, -0.25) is 4.79 Å². The maximum atomic E-state index is 12.3. The summed E-state index contributed by atoms with van der Waals surface area (Å²) in [7, 11) is -2.03. The Labute approximate surface area is 170 Å². The number of furan rings is 1. The van der Waals surface area contributed by atoms with E-state index in [1.165, 1.54) is 24.5 Å². The summed E-state index contributed by atoms with van der Waals surface area (Å²) in [6, 6.07) is 9.62. The van der Waals surface area contributed by atoms with Gasteiger partial charge in [-0.05, 0) is 42.3 Å². The van der Waals surface area contributed by atoms with Gasteiger partial charge in [-0.1, -0.05) is 12.1 Å². The fourth-order valence-electron chi connectivity index (χ4n) is 2.28. The lowest BCUT2D eigenvalue weighted by Crippen LogP contribution is -2.23. The monoisotopic (exact) mass is 422 g/mol. The number of sulfonamides is 1. The van der Waals surface area contributed by atoms with Crippen LogP contribution in [0.15, 0.2) is 58.1 Å². The van der Waals surface area contributed by atoms with E-state index in [2.05, 4.69) is 10.0 Å². The number of carbonyl (C=O) groups is 1. The van der Waals surface area contributed by atoms with Gasteiger partial charge in [0.25, 0.3) is 0 Å². The van der Waals surface area contributed by atoms with Crippen molar-refractivity contribution in [2.75, 3.05) is 33.5 Å². The van der Waals surface area contributed by atoms with Crippen LogP contribution in [0.1, 0.15) is 17.7 Å². The Morgan fingerprint density at radius 2 is 1.93 bits per heavy atom. The van der Waals surface area contributed by atoms with Crippen LogP contribution in [-0.4, -0.2) is 47.8 Å². The summed E-state index contributed by atoms with van der Waals surface area (Å²) in [6.45, 7) is 2.23. The van der Waals surface area contributed by atoms with Crippen LogP contribution < -0.4 is 10.0 Å². The van der Waals surface area contributed by atoms with Gasteiger partial charge in [0.15, 0.2) is 0 Å². The van der Waals surface area contributed by atoms with E-state index in [4.69, 9.17) is 13.9 Å². The molecular formula is C20H26N2O6S. The first-order valence-electron chi connectivity index (χ1n) is 9.16. The van der Waals surface area contributed by atoms with Gasteiger partial charge in [0.2, 0.25) is 15.9 Å². The van der Waals surface area contributed by atoms with Crippen molar-refractivity contribution in [1.82, 2.24) is 10.0 Å². The third-order valence-electron chi connectivity index (χ3n) is 3.83. The highest BCUT2D eigenvalue weighted by atomic mass is 32.2. The smallest absolute Gasteiger partial charge is 0.244 e. The van der Waals surface area contributed by atoms with Crippen LogP contribution in [0, 0.1) is 0 Å². The van der Waals surface area contributed by atoms with Crippen molar-refractivity contribution in [2.24, 2.45) is 0 Å². The number of nitrogens with one attached hydrogen (secondary N) is 2. The number of methoxy groups -OCH3 is 1. The number of rotatable bonds is 13. The summed E-state index contributed by atoms with van der Waals surface area (Å²) in [5.41, 5.74) is 0.716. The molecule has 0 bridgehead atoms. The Balaban J connectivity index is 1.75. The van der Waals surface area contributed by atoms with E-state index in [9.17, 15) is 13.2 Å². The molecule has 0 aliphatic heterocycles. The lowest BCUT2D eigenvalue weighted by Gasteiger charge is -2.06. The quantitative estimate of drug-likeness (QED) is 0.377. The van der Waals surface area contributed by atoms with Crippen LogP contribution in [0.25, 0.3) is 6.08 Å². The number of hydrogen-bond donors (Lipinski definition) is 2. The molecule has 1 aromatic heterocycles. The van der Waals surface area contributed by atoms with Gasteiger partial charge in [-0.25, -0.2) is 13.1 Å². The van der Waals surface area contributed by atoms with E-state index >= 15 is 0 Å². The molecule has 2 rings (SSSR count). The van der Waals surface area contributed by atoms with Crippen LogP contribution in [0.2, 0.25) is 0 Å². The van der Waals surface area contributed by atoms with Crippen molar-refractivity contribution in [1.29, 1.82) is 0 Å². The van der Waals surface area contributed by atoms with Crippen LogP contribution in [0.3, 0.4) is 0 Å². The van der Waals surface area contributed by atoms with Crippen molar-refractivity contribution < 1.29 is 27.1 Å². The molecule has 0 aliphatic carbocycles. The van der Waals surface area contributed by atoms with Gasteiger partial charge in [0.1, 0.15) is 5.76 Å². The van der Waals surface area contributed by atoms with E-state index in [0.717, 1.165) is 0 Å². The second-order valence-corrected chi connectivity index (χ2v) is 7.82. The molecule has 158 valence electrons. The molecule has 1 aromatic carbocycles. The summed E-state index contributed by atoms with van der Waals surface area (Å²) >= 11 is 0. The number of hydrogen-bond acceptors (Lipinski definition) is 6. The van der Waals surface area contributed by atoms with Gasteiger partial charge < -0.3 is 19.2 Å². The predicted octanol–water partition coefficient (Wildman–Crippen LogP) is 1.94. The Hall–Kier alpha value is -2.46. The highest BCUT2D eigenvalue weighted by Crippen LogP contribution is 2.12. The summed E-state index contributed by atoms with van der Waals surface area (Å²) in [4.78, 5) is 11.9. The van der Waals surface area contributed by atoms with E-state index in [-0.39, 0.29) is 17.3 Å². The Kier molecular flexibility index (Phi) is 9.58. The van der Waals surface area contributed by atoms with Crippen molar-refractivity contribution in [3.05, 3.63) is 60.1 Å². The molecule has 1 amide bonds. The fourth-order valence-corrected chi connectivity index (χ4v) is 3.28. The van der Waals surface area contributed by atoms with Crippen LogP contribution in [0.4, 0.5) is 0 Å². The van der Waals surface area contributed by atoms with E-state index < -0.39 is 10.0 Å². The van der Waals surface area contributed by atoms with Crippen molar-refractivity contribution in [2.45, 2.75) is 17.9 Å². The molecule has 0 aliphatic rings. The molecule has 9 heteroatoms. The first kappa shape index (κ1) is 22.8. The summed E-state index contributed by atoms with van der Waals surface area (Å²) in [5.74, 6) is 0.305. The zero-order valence-electron chi connectivity index (χ0n) is 16.3. The van der Waals surface area contributed by atoms with Gasteiger partial charge >= 0.3 is 0 Å². The van der Waals surface area contributed by atoms with Gasteiger partial charge in [-0.15, -0.1) is 0 Å². The minimum atomic E-state index is -3.64. The second kappa shape index (κ2) is 12.2. The summed E-state index contributed by atoms with van der Waals surface area (Å²) < 4.78 is 42.3. The Morgan fingerprint density at radius 1 is 1.14 bits per heavy atom. The molecule has 0 atom stereocenters. The number of amides is 1. The minimum absolute atomic E-state index is 0.0780. The Morgan fingerprint density at radius 3 is 2.62 bits per heavy atom. The lowest BCUT2D eigenvalue weighted by molar-refractivity contribution is -0.116. The number of carbonyl (C=O) groups excluding carboxylic acids is 1. The van der Waals surface area contributed by atoms with Crippen molar-refractivity contribution >= 4 is 22.0 Å². The summed E-state index contributed by atoms with van der Waals surface area (Å²) in [6.07, 6.45) is 5.22. The lowest BCUT2D eigenvalue weighted by atomic mass is 10.2. The largest absolute Gasteiger partial charge is 0.468 e. The number of benzene rings is 1. The van der Waals surface area contributed by atoms with Gasteiger partial charge in [-0.2, -0.15) is 0 Å². The van der Waals surface area contributed by atoms with Gasteiger partial charge in [0, 0.05) is 26.3 Å². The standard InChI is InChI=1S/C20H26N2O6S/c1-26-14-15-27-12-3-11-21-20(23)10-7-17-5-8-19(9-6-17)29(24,25)22-16-18-4-2-13-28-18/h2,4-10,13,22H,3,11-12,14-16H2,1H3,(H,21,23)/b10-7+. The molecule has 0 radical (unpaired) electrons. The predicted molar refractivity (Wildman–Crippen MR) is 109 cm³/mol. The molecular weight excluding hydrogens is 396 g/mol. The third-order valence-corrected chi connectivity index (χ3v) is 5.25. The average molecular weight is 423 g/mol. The van der Waals surface area contributed by atoms with E-state index in [1.807, 2.05) is 0 Å². The topological polar surface area (TPSA) is 107 Å². The molecule has 0 unspecified atom stereocenters. The molecule has 29 heavy (non-hydrogen) atoms. The molecule has 0 fully saturated rings. The minimum Gasteiger partial charge on any atom is -0.468 e. The van der Waals surface area contributed by atoms with E-state index in [0.29, 0.717) is 44.1 Å². The fraction of sp³-hybridized carbons (Fsp3) is 0.350. The molecule has 2 N–H and O–H groups in total. The molecule has 8 nitrogen and oxygen atoms in total. The zero-order chi connectivity index (χ0) is 21.0. The summed E-state index contributed by atoms with van der Waals surface area (Å²) in [5, 5.41) is 2.76. The SMILES string of the molecule is COCCOCCCNC(=O)/C=C/c1ccc(S(=O)(=O)NCc2ccco2)cc1. The first-order chi connectivity index (χ1) is 14.0. The zero-order valence-corrected chi connectivity index (χ0v) is 17.1. The molecule has 0 saturated heterocycles. The molecule has 0 saturated carbocycles. The van der Waals surface area contributed by atoms with Gasteiger partial charge in [0.05, 0.1) is 30.9 Å². The van der Waals surface area contributed by atoms with E-state index in [1.54, 1.807) is 37.5 Å². The van der Waals surface area contributed by atoms with Crippen LogP contribution in [-0.2, 0) is 30.8 Å². The van der Waals surface area contributed by atoms with Crippen LogP contribution in [0.5, 0.6) is 0 Å². The van der Waals surface area contributed by atoms with Crippen molar-refractivity contribution in [3.8, 4) is 0 Å². The maximum absolute atomic E-state index is 12.3. The maximum Gasteiger partial charge on any atom is 0.244 e. The number of ether oxygens (including phenoxy) is 2.